The Morgan fingerprint density at radius 2 is 2.21 bits per heavy atom. The summed E-state index contributed by atoms with van der Waals surface area (Å²) in [5.74, 6) is -0.323. The van der Waals surface area contributed by atoms with Gasteiger partial charge in [0.1, 0.15) is 0 Å². The number of hydrogen-bond acceptors (Lipinski definition) is 6. The molecular weight excluding hydrogens is 332 g/mol. The molecule has 0 fully saturated rings. The Kier molecular flexibility index (Phi) is 5.69. The number of nitro groups is 1. The molecule has 2 aromatic rings. The molecule has 0 spiro atoms. The summed E-state index contributed by atoms with van der Waals surface area (Å²) in [6, 6.07) is 5.68. The van der Waals surface area contributed by atoms with Gasteiger partial charge in [-0.1, -0.05) is 24.8 Å². The van der Waals surface area contributed by atoms with E-state index in [0.29, 0.717) is 28.5 Å². The molecular formula is C15H16N4O4S. The van der Waals surface area contributed by atoms with Crippen LogP contribution in [0.25, 0.3) is 0 Å². The molecule has 1 heterocycles. The zero-order valence-electron chi connectivity index (χ0n) is 13.2. The zero-order valence-corrected chi connectivity index (χ0v) is 14.0. The van der Waals surface area contributed by atoms with Crippen molar-refractivity contribution in [3.05, 3.63) is 56.0 Å². The van der Waals surface area contributed by atoms with Crippen molar-refractivity contribution in [3.8, 4) is 0 Å². The molecule has 9 heteroatoms. The first-order chi connectivity index (χ1) is 11.4. The van der Waals surface area contributed by atoms with E-state index in [1.807, 2.05) is 6.92 Å². The Morgan fingerprint density at radius 3 is 2.83 bits per heavy atom. The van der Waals surface area contributed by atoms with Gasteiger partial charge in [-0.2, -0.15) is 0 Å². The standard InChI is InChI=1S/C15H16N4O4S/c1-3-12-9(2)16-15(18-14(12)21)24-8-13(20)17-10-5-4-6-11(7-10)19(22)23/h4-7H,3,8H2,1-2H3,(H,17,20)(H,16,18,21). The van der Waals surface area contributed by atoms with Gasteiger partial charge >= 0.3 is 0 Å². The van der Waals surface area contributed by atoms with Crippen LogP contribution in [0.5, 0.6) is 0 Å². The Labute approximate surface area is 141 Å². The summed E-state index contributed by atoms with van der Waals surface area (Å²) in [5, 5.41) is 13.7. The van der Waals surface area contributed by atoms with E-state index in [4.69, 9.17) is 0 Å². The van der Waals surface area contributed by atoms with Gasteiger partial charge in [-0.05, 0) is 19.4 Å². The average molecular weight is 348 g/mol. The lowest BCUT2D eigenvalue weighted by molar-refractivity contribution is -0.384. The Balaban J connectivity index is 2.00. The maximum atomic E-state index is 11.9. The highest BCUT2D eigenvalue weighted by Crippen LogP contribution is 2.18. The molecule has 0 bridgehead atoms. The summed E-state index contributed by atoms with van der Waals surface area (Å²) in [7, 11) is 0. The Bertz CT molecular complexity index is 834. The molecule has 0 saturated heterocycles. The molecule has 2 N–H and O–H groups in total. The molecule has 0 unspecified atom stereocenters. The molecule has 0 atom stereocenters. The van der Waals surface area contributed by atoms with Crippen LogP contribution in [-0.2, 0) is 11.2 Å². The number of benzene rings is 1. The lowest BCUT2D eigenvalue weighted by Gasteiger charge is -2.06. The van der Waals surface area contributed by atoms with E-state index in [1.165, 1.54) is 18.2 Å². The average Bonchev–Trinajstić information content (AvgIpc) is 2.53. The summed E-state index contributed by atoms with van der Waals surface area (Å²) in [6.45, 7) is 3.62. The van der Waals surface area contributed by atoms with Gasteiger partial charge in [0.2, 0.25) is 5.91 Å². The lowest BCUT2D eigenvalue weighted by Crippen LogP contribution is -2.18. The summed E-state index contributed by atoms with van der Waals surface area (Å²) >= 11 is 1.09. The maximum Gasteiger partial charge on any atom is 0.271 e. The summed E-state index contributed by atoms with van der Waals surface area (Å²) < 4.78 is 0. The Morgan fingerprint density at radius 1 is 1.46 bits per heavy atom. The summed E-state index contributed by atoms with van der Waals surface area (Å²) in [5.41, 5.74) is 1.31. The number of anilines is 1. The van der Waals surface area contributed by atoms with Crippen molar-refractivity contribution in [2.24, 2.45) is 0 Å². The van der Waals surface area contributed by atoms with Gasteiger partial charge in [0.25, 0.3) is 11.2 Å². The predicted octanol–water partition coefficient (Wildman–Crippen LogP) is 2.28. The van der Waals surface area contributed by atoms with Gasteiger partial charge in [-0.25, -0.2) is 4.98 Å². The van der Waals surface area contributed by atoms with Crippen LogP contribution in [0.3, 0.4) is 0 Å². The minimum Gasteiger partial charge on any atom is -0.325 e. The number of thioether (sulfide) groups is 1. The van der Waals surface area contributed by atoms with E-state index in [-0.39, 0.29) is 22.9 Å². The molecule has 1 aromatic carbocycles. The van der Waals surface area contributed by atoms with E-state index < -0.39 is 4.92 Å². The minimum atomic E-state index is -0.531. The van der Waals surface area contributed by atoms with Gasteiger partial charge in [0, 0.05) is 29.1 Å². The van der Waals surface area contributed by atoms with Crippen LogP contribution in [0, 0.1) is 17.0 Å². The SMILES string of the molecule is CCc1c(C)nc(SCC(=O)Nc2cccc([N+](=O)[O-])c2)[nH]c1=O. The second kappa shape index (κ2) is 7.73. The Hall–Kier alpha value is -2.68. The normalized spacial score (nSPS) is 10.4. The fourth-order valence-electron chi connectivity index (χ4n) is 2.10. The van der Waals surface area contributed by atoms with Crippen molar-refractivity contribution in [1.82, 2.24) is 9.97 Å². The number of aromatic nitrogens is 2. The van der Waals surface area contributed by atoms with Gasteiger partial charge < -0.3 is 10.3 Å². The second-order valence-electron chi connectivity index (χ2n) is 4.93. The van der Waals surface area contributed by atoms with Crippen molar-refractivity contribution >= 4 is 29.0 Å². The predicted molar refractivity (Wildman–Crippen MR) is 91.4 cm³/mol. The number of nitrogens with zero attached hydrogens (tertiary/aromatic N) is 2. The molecule has 126 valence electrons. The molecule has 1 amide bonds. The highest BCUT2D eigenvalue weighted by molar-refractivity contribution is 7.99. The number of amides is 1. The van der Waals surface area contributed by atoms with Crippen LogP contribution >= 0.6 is 11.8 Å². The number of hydrogen-bond donors (Lipinski definition) is 2. The molecule has 0 saturated carbocycles. The molecule has 2 rings (SSSR count). The van der Waals surface area contributed by atoms with Crippen molar-refractivity contribution in [1.29, 1.82) is 0 Å². The third kappa shape index (κ3) is 4.42. The van der Waals surface area contributed by atoms with E-state index in [1.54, 1.807) is 13.0 Å². The first-order valence-corrected chi connectivity index (χ1v) is 8.16. The van der Waals surface area contributed by atoms with Gasteiger partial charge in [0.05, 0.1) is 10.7 Å². The van der Waals surface area contributed by atoms with Crippen molar-refractivity contribution < 1.29 is 9.72 Å². The van der Waals surface area contributed by atoms with E-state index in [9.17, 15) is 19.7 Å². The zero-order chi connectivity index (χ0) is 17.7. The van der Waals surface area contributed by atoms with Crippen LogP contribution in [0.1, 0.15) is 18.2 Å². The van der Waals surface area contributed by atoms with E-state index >= 15 is 0 Å². The number of aromatic amines is 1. The molecule has 24 heavy (non-hydrogen) atoms. The van der Waals surface area contributed by atoms with Gasteiger partial charge in [-0.3, -0.25) is 19.7 Å². The van der Waals surface area contributed by atoms with Crippen molar-refractivity contribution in [2.45, 2.75) is 25.4 Å². The largest absolute Gasteiger partial charge is 0.325 e. The number of nitro benzene ring substituents is 1. The molecule has 0 aliphatic heterocycles. The monoisotopic (exact) mass is 348 g/mol. The van der Waals surface area contributed by atoms with Gasteiger partial charge in [0.15, 0.2) is 5.16 Å². The second-order valence-corrected chi connectivity index (χ2v) is 5.90. The highest BCUT2D eigenvalue weighted by Gasteiger charge is 2.11. The third-order valence-electron chi connectivity index (χ3n) is 3.23. The summed E-state index contributed by atoms with van der Waals surface area (Å²) in [4.78, 5) is 40.9. The van der Waals surface area contributed by atoms with Crippen LogP contribution in [-0.4, -0.2) is 26.6 Å². The number of carbonyl (C=O) groups excluding carboxylic acids is 1. The number of aryl methyl sites for hydroxylation is 1. The molecule has 0 aliphatic rings. The number of rotatable bonds is 6. The van der Waals surface area contributed by atoms with Crippen LogP contribution in [0.15, 0.2) is 34.2 Å². The minimum absolute atomic E-state index is 0.0243. The van der Waals surface area contributed by atoms with Crippen LogP contribution in [0.2, 0.25) is 0 Å². The first-order valence-electron chi connectivity index (χ1n) is 7.17. The fraction of sp³-hybridized carbons (Fsp3) is 0.267. The van der Waals surface area contributed by atoms with Crippen LogP contribution < -0.4 is 10.9 Å². The smallest absolute Gasteiger partial charge is 0.271 e. The fourth-order valence-corrected chi connectivity index (χ4v) is 2.80. The number of H-pyrrole nitrogens is 1. The quantitative estimate of drug-likeness (QED) is 0.358. The highest BCUT2D eigenvalue weighted by atomic mass is 32.2. The number of non-ortho nitro benzene ring substituents is 1. The molecule has 0 aliphatic carbocycles. The molecule has 1 aromatic heterocycles. The topological polar surface area (TPSA) is 118 Å². The third-order valence-corrected chi connectivity index (χ3v) is 4.11. The summed E-state index contributed by atoms with van der Waals surface area (Å²) in [6.07, 6.45) is 0.590. The van der Waals surface area contributed by atoms with Gasteiger partial charge in [-0.15, -0.1) is 0 Å². The van der Waals surface area contributed by atoms with Crippen molar-refractivity contribution in [2.75, 3.05) is 11.1 Å². The number of nitrogens with one attached hydrogen (secondary N) is 2. The van der Waals surface area contributed by atoms with Crippen LogP contribution in [0.4, 0.5) is 11.4 Å². The van der Waals surface area contributed by atoms with Crippen molar-refractivity contribution in [3.63, 3.8) is 0 Å². The molecule has 0 radical (unpaired) electrons. The lowest BCUT2D eigenvalue weighted by atomic mass is 10.2. The van der Waals surface area contributed by atoms with E-state index in [0.717, 1.165) is 11.8 Å². The maximum absolute atomic E-state index is 11.9. The van der Waals surface area contributed by atoms with E-state index in [2.05, 4.69) is 15.3 Å². The number of carbonyl (C=O) groups is 1. The molecule has 8 nitrogen and oxygen atoms in total. The first kappa shape index (κ1) is 17.7.